The number of benzene rings is 2. The lowest BCUT2D eigenvalue weighted by atomic mass is 10.0. The van der Waals surface area contributed by atoms with Gasteiger partial charge in [-0.1, -0.05) is 30.3 Å². The molecule has 0 atom stereocenters. The average Bonchev–Trinajstić information content (AvgIpc) is 3.20. The molecule has 3 rings (SSSR count). The molecule has 0 radical (unpaired) electrons. The summed E-state index contributed by atoms with van der Waals surface area (Å²) < 4.78 is 10.9. The fourth-order valence-electron chi connectivity index (χ4n) is 2.61. The summed E-state index contributed by atoms with van der Waals surface area (Å²) in [6.07, 6.45) is 1.34. The van der Waals surface area contributed by atoms with E-state index in [1.165, 1.54) is 31.4 Å². The van der Waals surface area contributed by atoms with Gasteiger partial charge in [0.25, 0.3) is 5.69 Å². The first kappa shape index (κ1) is 18.6. The van der Waals surface area contributed by atoms with E-state index in [9.17, 15) is 20.2 Å². The second-order valence-electron chi connectivity index (χ2n) is 5.71. The van der Waals surface area contributed by atoms with Crippen LogP contribution >= 0.6 is 0 Å². The minimum Gasteiger partial charge on any atom is -0.496 e. The Bertz CT molecular complexity index is 1110. The van der Waals surface area contributed by atoms with E-state index in [4.69, 9.17) is 9.15 Å². The van der Waals surface area contributed by atoms with E-state index >= 15 is 0 Å². The lowest BCUT2D eigenvalue weighted by Crippen LogP contribution is -2.01. The number of hydrogen-bond donors (Lipinski definition) is 0. The van der Waals surface area contributed by atoms with Crippen molar-refractivity contribution in [3.63, 3.8) is 0 Å². The third kappa shape index (κ3) is 3.81. The minimum atomic E-state index is -0.515. The number of nitro groups is 1. The number of allylic oxidation sites excluding steroid dienone is 1. The number of carbonyl (C=O) groups is 1. The summed E-state index contributed by atoms with van der Waals surface area (Å²) >= 11 is 0. The second-order valence-corrected chi connectivity index (χ2v) is 5.71. The number of ketones is 1. The van der Waals surface area contributed by atoms with Gasteiger partial charge in [-0.2, -0.15) is 5.26 Å². The number of nitro benzene ring substituents is 1. The van der Waals surface area contributed by atoms with Crippen molar-refractivity contribution >= 4 is 17.5 Å². The smallest absolute Gasteiger partial charge is 0.270 e. The Morgan fingerprint density at radius 1 is 1.18 bits per heavy atom. The van der Waals surface area contributed by atoms with Crippen molar-refractivity contribution in [1.29, 1.82) is 5.26 Å². The Balaban J connectivity index is 1.97. The van der Waals surface area contributed by atoms with Crippen LogP contribution in [0, 0.1) is 21.4 Å². The van der Waals surface area contributed by atoms with Gasteiger partial charge in [-0.25, -0.2) is 0 Å². The normalized spacial score (nSPS) is 10.9. The lowest BCUT2D eigenvalue weighted by Gasteiger charge is -2.05. The molecule has 3 aromatic rings. The van der Waals surface area contributed by atoms with Gasteiger partial charge in [0.1, 0.15) is 28.9 Å². The van der Waals surface area contributed by atoms with E-state index in [1.54, 1.807) is 42.5 Å². The van der Waals surface area contributed by atoms with Gasteiger partial charge >= 0.3 is 0 Å². The molecule has 1 aromatic heterocycles. The maximum Gasteiger partial charge on any atom is 0.270 e. The Kier molecular flexibility index (Phi) is 5.33. The summed E-state index contributed by atoms with van der Waals surface area (Å²) in [4.78, 5) is 23.0. The van der Waals surface area contributed by atoms with Crippen LogP contribution in [0.25, 0.3) is 17.4 Å². The van der Waals surface area contributed by atoms with Crippen LogP contribution in [0.4, 0.5) is 5.69 Å². The maximum absolute atomic E-state index is 12.4. The van der Waals surface area contributed by atoms with Crippen LogP contribution in [0.5, 0.6) is 5.75 Å². The molecule has 138 valence electrons. The Morgan fingerprint density at radius 3 is 2.57 bits per heavy atom. The lowest BCUT2D eigenvalue weighted by molar-refractivity contribution is -0.384. The number of carbonyl (C=O) groups excluding carboxylic acids is 1. The van der Waals surface area contributed by atoms with Gasteiger partial charge < -0.3 is 9.15 Å². The van der Waals surface area contributed by atoms with Gasteiger partial charge in [-0.3, -0.25) is 14.9 Å². The highest BCUT2D eigenvalue weighted by molar-refractivity contribution is 6.13. The van der Waals surface area contributed by atoms with Gasteiger partial charge in [-0.05, 0) is 18.2 Å². The van der Waals surface area contributed by atoms with Crippen LogP contribution in [0.3, 0.4) is 0 Å². The number of non-ortho nitro benzene ring substituents is 1. The number of methoxy groups -OCH3 is 1. The molecule has 0 unspecified atom stereocenters. The second kappa shape index (κ2) is 8.01. The van der Waals surface area contributed by atoms with Crippen LogP contribution in [-0.4, -0.2) is 17.8 Å². The van der Waals surface area contributed by atoms with E-state index < -0.39 is 10.7 Å². The monoisotopic (exact) mass is 374 g/mol. The molecule has 7 heteroatoms. The molecular formula is C21H14N2O5. The molecule has 0 aliphatic carbocycles. The molecular weight excluding hydrogens is 360 g/mol. The van der Waals surface area contributed by atoms with Crippen molar-refractivity contribution in [3.8, 4) is 23.1 Å². The van der Waals surface area contributed by atoms with Crippen molar-refractivity contribution in [2.45, 2.75) is 0 Å². The largest absolute Gasteiger partial charge is 0.496 e. The minimum absolute atomic E-state index is 0.0851. The van der Waals surface area contributed by atoms with E-state index in [0.29, 0.717) is 22.6 Å². The molecule has 0 fully saturated rings. The van der Waals surface area contributed by atoms with Gasteiger partial charge in [0.15, 0.2) is 0 Å². The SMILES string of the molecule is COc1ccc([N+](=O)[O-])cc1-c1ccc(/C=C(\C#N)C(=O)c2ccccc2)o1. The molecule has 28 heavy (non-hydrogen) atoms. The maximum atomic E-state index is 12.4. The molecule has 0 amide bonds. The predicted molar refractivity (Wildman–Crippen MR) is 102 cm³/mol. The molecule has 7 nitrogen and oxygen atoms in total. The molecule has 0 aliphatic rings. The highest BCUT2D eigenvalue weighted by Crippen LogP contribution is 2.34. The van der Waals surface area contributed by atoms with Gasteiger partial charge in [-0.15, -0.1) is 0 Å². The summed E-state index contributed by atoms with van der Waals surface area (Å²) in [6, 6.07) is 17.6. The van der Waals surface area contributed by atoms with Crippen LogP contribution in [0.15, 0.2) is 70.7 Å². The summed E-state index contributed by atoms with van der Waals surface area (Å²) in [7, 11) is 1.45. The third-order valence-electron chi connectivity index (χ3n) is 3.97. The van der Waals surface area contributed by atoms with Crippen molar-refractivity contribution < 1.29 is 18.9 Å². The number of Topliss-reactive ketones (excluding diaryl/α,β-unsaturated/α-hetero) is 1. The van der Waals surface area contributed by atoms with Crippen LogP contribution in [0.2, 0.25) is 0 Å². The number of nitriles is 1. The predicted octanol–water partition coefficient (Wildman–Crippen LogP) is 4.65. The summed E-state index contributed by atoms with van der Waals surface area (Å²) in [5.41, 5.74) is 0.589. The quantitative estimate of drug-likeness (QED) is 0.204. The number of rotatable bonds is 6. The molecule has 0 spiro atoms. The standard InChI is InChI=1S/C21H14N2O5/c1-27-19-9-7-16(23(25)26)12-18(19)20-10-8-17(28-20)11-15(13-22)21(24)14-5-3-2-4-6-14/h2-12H,1H3/b15-11+. The number of ether oxygens (including phenoxy) is 1. The summed E-state index contributed by atoms with van der Waals surface area (Å²) in [5, 5.41) is 20.4. The average molecular weight is 374 g/mol. The zero-order valence-corrected chi connectivity index (χ0v) is 14.8. The molecule has 2 aromatic carbocycles. The van der Waals surface area contributed by atoms with Crippen molar-refractivity contribution in [1.82, 2.24) is 0 Å². The summed E-state index contributed by atoms with van der Waals surface area (Å²) in [5.74, 6) is 0.561. The Morgan fingerprint density at radius 2 is 1.93 bits per heavy atom. The number of hydrogen-bond acceptors (Lipinski definition) is 6. The van der Waals surface area contributed by atoms with E-state index in [2.05, 4.69) is 0 Å². The fraction of sp³-hybridized carbons (Fsp3) is 0.0476. The molecule has 1 heterocycles. The zero-order chi connectivity index (χ0) is 20.1. The molecule has 0 bridgehead atoms. The number of furan rings is 1. The van der Waals surface area contributed by atoms with Crippen molar-refractivity contribution in [2.24, 2.45) is 0 Å². The van der Waals surface area contributed by atoms with E-state index in [0.717, 1.165) is 0 Å². The van der Waals surface area contributed by atoms with Gasteiger partial charge in [0.05, 0.1) is 17.6 Å². The summed E-state index contributed by atoms with van der Waals surface area (Å²) in [6.45, 7) is 0. The number of nitrogens with zero attached hydrogens (tertiary/aromatic N) is 2. The van der Waals surface area contributed by atoms with E-state index in [1.807, 2.05) is 6.07 Å². The van der Waals surface area contributed by atoms with Crippen molar-refractivity contribution in [3.05, 3.63) is 87.7 Å². The highest BCUT2D eigenvalue weighted by Gasteiger charge is 2.17. The Hall–Kier alpha value is -4.18. The van der Waals surface area contributed by atoms with Crippen LogP contribution < -0.4 is 4.74 Å². The van der Waals surface area contributed by atoms with Gasteiger partial charge in [0, 0.05) is 23.8 Å². The first-order valence-electron chi connectivity index (χ1n) is 8.17. The van der Waals surface area contributed by atoms with Crippen LogP contribution in [0.1, 0.15) is 16.1 Å². The van der Waals surface area contributed by atoms with Gasteiger partial charge in [0.2, 0.25) is 5.78 Å². The van der Waals surface area contributed by atoms with Crippen molar-refractivity contribution in [2.75, 3.05) is 7.11 Å². The fourth-order valence-corrected chi connectivity index (χ4v) is 2.61. The topological polar surface area (TPSA) is 106 Å². The van der Waals surface area contributed by atoms with Crippen LogP contribution in [-0.2, 0) is 0 Å². The first-order valence-corrected chi connectivity index (χ1v) is 8.17. The molecule has 0 saturated carbocycles. The highest BCUT2D eigenvalue weighted by atomic mass is 16.6. The third-order valence-corrected chi connectivity index (χ3v) is 3.97. The molecule has 0 N–H and O–H groups in total. The first-order chi connectivity index (χ1) is 13.5. The molecule has 0 saturated heterocycles. The molecule has 0 aliphatic heterocycles. The Labute approximate surface area is 160 Å². The zero-order valence-electron chi connectivity index (χ0n) is 14.8. The van der Waals surface area contributed by atoms with E-state index in [-0.39, 0.29) is 17.0 Å².